The second kappa shape index (κ2) is 10.9. The van der Waals surface area contributed by atoms with Gasteiger partial charge >= 0.3 is 5.97 Å². The molecule has 2 aliphatic rings. The molecular formula is C29H30FN7O6. The number of aliphatic hydroxyl groups is 1. The molecule has 5 heterocycles. The fourth-order valence-electron chi connectivity index (χ4n) is 5.62. The van der Waals surface area contributed by atoms with Crippen molar-refractivity contribution in [3.05, 3.63) is 74.1 Å². The second-order valence-electron chi connectivity index (χ2n) is 10.7. The van der Waals surface area contributed by atoms with Gasteiger partial charge in [-0.25, -0.2) is 18.9 Å². The summed E-state index contributed by atoms with van der Waals surface area (Å²) < 4.78 is 28.5. The number of hydrogen-bond acceptors (Lipinski definition) is 10. The summed E-state index contributed by atoms with van der Waals surface area (Å²) in [6.45, 7) is 3.75. The summed E-state index contributed by atoms with van der Waals surface area (Å²) in [5.74, 6) is -1.53. The van der Waals surface area contributed by atoms with Gasteiger partial charge in [0.2, 0.25) is 5.91 Å². The molecule has 3 aromatic heterocycles. The number of halogens is 1. The number of cyclic esters (lactones) is 1. The predicted octanol–water partition coefficient (Wildman–Crippen LogP) is 0.758. The van der Waals surface area contributed by atoms with Crippen LogP contribution in [0.25, 0.3) is 22.3 Å². The number of nitrogens with zero attached hydrogens (tertiary/aromatic N) is 5. The standard InChI is InChI=1S/C29H30FN7O6/c1-3-29(41)21-7-24-26-19(12-37(24)27(39)20(21)13-43-28(29)40)18(17-6-15(2)22(30)8-23(17)33-26)11-36-10-16(34-35-36)4-5-42-14-32-25(38)9-31/h6-8,10,41H,3-5,9,11-14,31H2,1-2H3,(H,32,38)/t29-/m0/s1. The highest BCUT2D eigenvalue weighted by Gasteiger charge is 2.45. The number of nitrogens with two attached hydrogens (primary N) is 1. The molecule has 0 spiro atoms. The number of nitrogens with one attached hydrogen (secondary N) is 1. The Hall–Kier alpha value is -4.53. The van der Waals surface area contributed by atoms with Crippen LogP contribution in [0, 0.1) is 12.7 Å². The van der Waals surface area contributed by atoms with Gasteiger partial charge in [-0.15, -0.1) is 5.10 Å². The molecule has 4 N–H and O–H groups in total. The number of rotatable bonds is 9. The summed E-state index contributed by atoms with van der Waals surface area (Å²) in [4.78, 5) is 42.2. The Morgan fingerprint density at radius 1 is 1.28 bits per heavy atom. The van der Waals surface area contributed by atoms with E-state index in [1.807, 2.05) is 0 Å². The number of amides is 1. The molecule has 224 valence electrons. The first-order valence-corrected chi connectivity index (χ1v) is 13.9. The number of aromatic nitrogens is 5. The van der Waals surface area contributed by atoms with Gasteiger partial charge in [0, 0.05) is 35.2 Å². The van der Waals surface area contributed by atoms with Crippen LogP contribution in [0.4, 0.5) is 4.39 Å². The molecule has 4 aromatic rings. The lowest BCUT2D eigenvalue weighted by molar-refractivity contribution is -0.172. The molecule has 0 saturated carbocycles. The van der Waals surface area contributed by atoms with Crippen molar-refractivity contribution in [2.24, 2.45) is 5.73 Å². The van der Waals surface area contributed by atoms with Gasteiger partial charge in [-0.2, -0.15) is 0 Å². The summed E-state index contributed by atoms with van der Waals surface area (Å²) in [5, 5.41) is 22.9. The van der Waals surface area contributed by atoms with E-state index < -0.39 is 17.4 Å². The summed E-state index contributed by atoms with van der Waals surface area (Å²) >= 11 is 0. The molecule has 43 heavy (non-hydrogen) atoms. The van der Waals surface area contributed by atoms with Crippen LogP contribution in [0.2, 0.25) is 0 Å². The monoisotopic (exact) mass is 591 g/mol. The van der Waals surface area contributed by atoms with Crippen molar-refractivity contribution in [3.8, 4) is 11.4 Å². The SMILES string of the molecule is CC[C@@]1(O)C(=O)OCc2c1cc1n(c2=O)Cc2c-1nc1cc(F)c(C)cc1c2Cn1cc(CCOCNC(=O)CN)nn1. The first-order chi connectivity index (χ1) is 20.6. The van der Waals surface area contributed by atoms with E-state index in [9.17, 15) is 23.9 Å². The molecule has 0 aliphatic carbocycles. The van der Waals surface area contributed by atoms with Gasteiger partial charge < -0.3 is 30.2 Å². The second-order valence-corrected chi connectivity index (χ2v) is 10.7. The van der Waals surface area contributed by atoms with E-state index in [1.54, 1.807) is 41.4 Å². The minimum Gasteiger partial charge on any atom is -0.458 e. The lowest BCUT2D eigenvalue weighted by Crippen LogP contribution is -2.44. The summed E-state index contributed by atoms with van der Waals surface area (Å²) in [6, 6.07) is 4.72. The van der Waals surface area contributed by atoms with Crippen LogP contribution in [0.5, 0.6) is 0 Å². The topological polar surface area (TPSA) is 176 Å². The zero-order valence-electron chi connectivity index (χ0n) is 23.6. The van der Waals surface area contributed by atoms with Crippen molar-refractivity contribution >= 4 is 22.8 Å². The van der Waals surface area contributed by atoms with Gasteiger partial charge in [0.25, 0.3) is 5.56 Å². The smallest absolute Gasteiger partial charge is 0.343 e. The average molecular weight is 592 g/mol. The third kappa shape index (κ3) is 4.86. The highest BCUT2D eigenvalue weighted by atomic mass is 19.1. The maximum atomic E-state index is 14.7. The summed E-state index contributed by atoms with van der Waals surface area (Å²) in [6.07, 6.45) is 2.25. The van der Waals surface area contributed by atoms with Crippen molar-refractivity contribution in [3.63, 3.8) is 0 Å². The number of carbonyl (C=O) groups excluding carboxylic acids is 2. The largest absolute Gasteiger partial charge is 0.458 e. The minimum atomic E-state index is -1.95. The van der Waals surface area contributed by atoms with E-state index in [0.29, 0.717) is 46.6 Å². The third-order valence-corrected chi connectivity index (χ3v) is 8.05. The van der Waals surface area contributed by atoms with Gasteiger partial charge in [-0.1, -0.05) is 12.1 Å². The Kier molecular flexibility index (Phi) is 7.28. The number of pyridine rings is 2. The van der Waals surface area contributed by atoms with Crippen molar-refractivity contribution in [1.29, 1.82) is 0 Å². The number of carbonyl (C=O) groups is 2. The first kappa shape index (κ1) is 28.6. The number of ether oxygens (including phenoxy) is 2. The van der Waals surface area contributed by atoms with Crippen LogP contribution in [-0.4, -0.2) is 61.4 Å². The maximum absolute atomic E-state index is 14.7. The van der Waals surface area contributed by atoms with E-state index in [-0.39, 0.29) is 62.0 Å². The number of hydrogen-bond donors (Lipinski definition) is 3. The van der Waals surface area contributed by atoms with Crippen molar-refractivity contribution in [1.82, 2.24) is 29.9 Å². The molecule has 0 fully saturated rings. The normalized spacial score (nSPS) is 17.0. The maximum Gasteiger partial charge on any atom is 0.343 e. The molecule has 1 aromatic carbocycles. The van der Waals surface area contributed by atoms with E-state index in [4.69, 9.17) is 20.2 Å². The Bertz CT molecular complexity index is 1850. The third-order valence-electron chi connectivity index (χ3n) is 8.05. The Morgan fingerprint density at radius 3 is 2.86 bits per heavy atom. The van der Waals surface area contributed by atoms with Crippen LogP contribution >= 0.6 is 0 Å². The lowest BCUT2D eigenvalue weighted by Gasteiger charge is -2.31. The van der Waals surface area contributed by atoms with Gasteiger partial charge in [-0.3, -0.25) is 9.59 Å². The van der Waals surface area contributed by atoms with E-state index in [0.717, 1.165) is 11.1 Å². The predicted molar refractivity (Wildman–Crippen MR) is 150 cm³/mol. The van der Waals surface area contributed by atoms with E-state index in [1.165, 1.54) is 6.07 Å². The van der Waals surface area contributed by atoms with E-state index in [2.05, 4.69) is 15.6 Å². The molecule has 0 radical (unpaired) electrons. The van der Waals surface area contributed by atoms with Crippen LogP contribution in [0.15, 0.2) is 29.2 Å². The Balaban J connectivity index is 1.38. The number of fused-ring (bicyclic) bond motifs is 5. The van der Waals surface area contributed by atoms with Gasteiger partial charge in [0.15, 0.2) is 5.60 Å². The molecule has 13 nitrogen and oxygen atoms in total. The number of esters is 1. The molecular weight excluding hydrogens is 561 g/mol. The van der Waals surface area contributed by atoms with Crippen LogP contribution in [0.1, 0.15) is 46.9 Å². The Morgan fingerprint density at radius 2 is 2.09 bits per heavy atom. The average Bonchev–Trinajstić information content (AvgIpc) is 3.60. The molecule has 6 rings (SSSR count). The molecule has 2 aliphatic heterocycles. The van der Waals surface area contributed by atoms with E-state index >= 15 is 0 Å². The summed E-state index contributed by atoms with van der Waals surface area (Å²) in [7, 11) is 0. The quantitative estimate of drug-likeness (QED) is 0.126. The highest BCUT2D eigenvalue weighted by molar-refractivity contribution is 5.89. The van der Waals surface area contributed by atoms with Gasteiger partial charge in [0.05, 0.1) is 54.4 Å². The molecule has 0 bridgehead atoms. The molecule has 0 saturated heterocycles. The zero-order chi connectivity index (χ0) is 30.5. The number of benzene rings is 1. The summed E-state index contributed by atoms with van der Waals surface area (Å²) in [5.41, 5.74) is 7.30. The van der Waals surface area contributed by atoms with Crippen molar-refractivity contribution in [2.45, 2.75) is 52.0 Å². The van der Waals surface area contributed by atoms with Crippen molar-refractivity contribution < 1.29 is 28.6 Å². The Labute approximate surface area is 244 Å². The highest BCUT2D eigenvalue weighted by Crippen LogP contribution is 2.40. The van der Waals surface area contributed by atoms with Gasteiger partial charge in [-0.05, 0) is 36.6 Å². The molecule has 0 unspecified atom stereocenters. The fraction of sp³-hybridized carbons (Fsp3) is 0.379. The van der Waals surface area contributed by atoms with Crippen LogP contribution in [0.3, 0.4) is 0 Å². The fourth-order valence-corrected chi connectivity index (χ4v) is 5.62. The molecule has 1 atom stereocenters. The van der Waals surface area contributed by atoms with Crippen molar-refractivity contribution in [2.75, 3.05) is 19.9 Å². The lowest BCUT2D eigenvalue weighted by atomic mass is 9.86. The number of aryl methyl sites for hydroxylation is 1. The van der Waals surface area contributed by atoms with Crippen LogP contribution < -0.4 is 16.6 Å². The molecule has 1 amide bonds. The van der Waals surface area contributed by atoms with Gasteiger partial charge in [0.1, 0.15) is 19.2 Å². The first-order valence-electron chi connectivity index (χ1n) is 13.9. The minimum absolute atomic E-state index is 0.0253. The zero-order valence-corrected chi connectivity index (χ0v) is 23.6. The van der Waals surface area contributed by atoms with Crippen LogP contribution in [-0.2, 0) is 50.8 Å². The molecule has 14 heteroatoms.